The Kier molecular flexibility index (Phi) is 5.38. The standard InChI is InChI=1S/C13H20FNO2/c1-13(16,10-15)8-2-3-9-17-12-6-4-11(14)5-7-12/h4-7,16H,2-3,8-10,15H2,1H3. The molecule has 4 heteroatoms. The molecule has 0 heterocycles. The van der Waals surface area contributed by atoms with Gasteiger partial charge in [0.15, 0.2) is 0 Å². The van der Waals surface area contributed by atoms with Crippen LogP contribution in [0.25, 0.3) is 0 Å². The summed E-state index contributed by atoms with van der Waals surface area (Å²) in [6, 6.07) is 5.94. The quantitative estimate of drug-likeness (QED) is 0.719. The molecule has 0 aliphatic heterocycles. The maximum atomic E-state index is 12.6. The third-order valence-electron chi connectivity index (χ3n) is 2.63. The number of nitrogens with two attached hydrogens (primary N) is 1. The first-order valence-corrected chi connectivity index (χ1v) is 5.84. The van der Waals surface area contributed by atoms with Gasteiger partial charge in [-0.3, -0.25) is 0 Å². The van der Waals surface area contributed by atoms with Crippen LogP contribution in [0.2, 0.25) is 0 Å². The van der Waals surface area contributed by atoms with Crippen LogP contribution >= 0.6 is 0 Å². The van der Waals surface area contributed by atoms with E-state index in [0.717, 1.165) is 12.8 Å². The van der Waals surface area contributed by atoms with Gasteiger partial charge < -0.3 is 15.6 Å². The molecule has 0 bridgehead atoms. The Morgan fingerprint density at radius 2 is 1.94 bits per heavy atom. The van der Waals surface area contributed by atoms with Crippen molar-refractivity contribution in [1.29, 1.82) is 0 Å². The van der Waals surface area contributed by atoms with Crippen LogP contribution in [0.15, 0.2) is 24.3 Å². The van der Waals surface area contributed by atoms with Gasteiger partial charge in [-0.25, -0.2) is 4.39 Å². The average Bonchev–Trinajstić information content (AvgIpc) is 2.31. The molecule has 96 valence electrons. The maximum absolute atomic E-state index is 12.6. The predicted octanol–water partition coefficient (Wildman–Crippen LogP) is 2.08. The van der Waals surface area contributed by atoms with Crippen LogP contribution < -0.4 is 10.5 Å². The molecule has 0 radical (unpaired) electrons. The van der Waals surface area contributed by atoms with Crippen molar-refractivity contribution in [3.8, 4) is 5.75 Å². The van der Waals surface area contributed by atoms with Crippen LogP contribution in [0.3, 0.4) is 0 Å². The van der Waals surface area contributed by atoms with E-state index in [1.54, 1.807) is 19.1 Å². The molecule has 1 rings (SSSR count). The zero-order valence-corrected chi connectivity index (χ0v) is 10.2. The Balaban J connectivity index is 2.14. The molecule has 0 spiro atoms. The minimum atomic E-state index is -0.782. The lowest BCUT2D eigenvalue weighted by molar-refractivity contribution is 0.0562. The second-order valence-electron chi connectivity index (χ2n) is 4.46. The number of halogens is 1. The number of ether oxygens (including phenoxy) is 1. The highest BCUT2D eigenvalue weighted by Gasteiger charge is 2.16. The highest BCUT2D eigenvalue weighted by atomic mass is 19.1. The minimum absolute atomic E-state index is 0.267. The molecule has 0 saturated heterocycles. The van der Waals surface area contributed by atoms with Gasteiger partial charge in [-0.05, 0) is 50.5 Å². The molecule has 0 amide bonds. The molecule has 1 unspecified atom stereocenters. The van der Waals surface area contributed by atoms with Gasteiger partial charge in [0.1, 0.15) is 11.6 Å². The minimum Gasteiger partial charge on any atom is -0.494 e. The second kappa shape index (κ2) is 6.57. The molecular weight excluding hydrogens is 221 g/mol. The van der Waals surface area contributed by atoms with E-state index in [1.165, 1.54) is 12.1 Å². The van der Waals surface area contributed by atoms with Crippen LogP contribution in [-0.4, -0.2) is 23.9 Å². The van der Waals surface area contributed by atoms with E-state index in [2.05, 4.69) is 0 Å². The van der Waals surface area contributed by atoms with E-state index < -0.39 is 5.60 Å². The Morgan fingerprint density at radius 3 is 2.53 bits per heavy atom. The van der Waals surface area contributed by atoms with Crippen molar-refractivity contribution in [2.75, 3.05) is 13.2 Å². The average molecular weight is 241 g/mol. The number of benzene rings is 1. The van der Waals surface area contributed by atoms with E-state index in [1.807, 2.05) is 0 Å². The molecule has 1 aromatic rings. The van der Waals surface area contributed by atoms with Gasteiger partial charge in [-0.1, -0.05) is 0 Å². The van der Waals surface area contributed by atoms with Crippen LogP contribution in [-0.2, 0) is 0 Å². The summed E-state index contributed by atoms with van der Waals surface area (Å²) >= 11 is 0. The lowest BCUT2D eigenvalue weighted by Crippen LogP contribution is -2.33. The summed E-state index contributed by atoms with van der Waals surface area (Å²) < 4.78 is 18.0. The lowest BCUT2D eigenvalue weighted by Gasteiger charge is -2.20. The van der Waals surface area contributed by atoms with Gasteiger partial charge in [0.05, 0.1) is 12.2 Å². The van der Waals surface area contributed by atoms with Crippen LogP contribution in [0.5, 0.6) is 5.75 Å². The first kappa shape index (κ1) is 13.9. The fourth-order valence-electron chi connectivity index (χ4n) is 1.43. The zero-order chi connectivity index (χ0) is 12.7. The largest absolute Gasteiger partial charge is 0.494 e. The summed E-state index contributed by atoms with van der Waals surface area (Å²) in [7, 11) is 0. The van der Waals surface area contributed by atoms with Gasteiger partial charge in [0.25, 0.3) is 0 Å². The van der Waals surface area contributed by atoms with Crippen LogP contribution in [0.4, 0.5) is 4.39 Å². The number of rotatable bonds is 7. The van der Waals surface area contributed by atoms with Crippen molar-refractivity contribution >= 4 is 0 Å². The second-order valence-corrected chi connectivity index (χ2v) is 4.46. The third kappa shape index (κ3) is 5.65. The summed E-state index contributed by atoms with van der Waals surface area (Å²) in [6.45, 7) is 2.56. The molecule has 1 aromatic carbocycles. The number of hydrogen-bond acceptors (Lipinski definition) is 3. The molecule has 17 heavy (non-hydrogen) atoms. The van der Waals surface area contributed by atoms with Crippen molar-refractivity contribution in [2.24, 2.45) is 5.73 Å². The first-order chi connectivity index (χ1) is 8.03. The number of aliphatic hydroxyl groups is 1. The zero-order valence-electron chi connectivity index (χ0n) is 10.2. The normalized spacial score (nSPS) is 14.4. The molecule has 0 aliphatic rings. The summed E-state index contributed by atoms with van der Waals surface area (Å²) in [5, 5.41) is 9.66. The van der Waals surface area contributed by atoms with Crippen molar-refractivity contribution in [3.05, 3.63) is 30.1 Å². The van der Waals surface area contributed by atoms with Gasteiger partial charge in [0, 0.05) is 6.54 Å². The molecule has 0 aromatic heterocycles. The molecular formula is C13H20FNO2. The Morgan fingerprint density at radius 1 is 1.29 bits per heavy atom. The first-order valence-electron chi connectivity index (χ1n) is 5.84. The van der Waals surface area contributed by atoms with Gasteiger partial charge in [-0.2, -0.15) is 0 Å². The fraction of sp³-hybridized carbons (Fsp3) is 0.538. The summed E-state index contributed by atoms with van der Waals surface area (Å²) in [5.41, 5.74) is 4.63. The highest BCUT2D eigenvalue weighted by Crippen LogP contribution is 2.14. The van der Waals surface area contributed by atoms with Gasteiger partial charge in [0.2, 0.25) is 0 Å². The van der Waals surface area contributed by atoms with E-state index in [9.17, 15) is 9.50 Å². The van der Waals surface area contributed by atoms with Crippen molar-refractivity contribution in [3.63, 3.8) is 0 Å². The fourth-order valence-corrected chi connectivity index (χ4v) is 1.43. The van der Waals surface area contributed by atoms with Crippen LogP contribution in [0, 0.1) is 5.82 Å². The SMILES string of the molecule is CC(O)(CN)CCCCOc1ccc(F)cc1. The maximum Gasteiger partial charge on any atom is 0.123 e. The van der Waals surface area contributed by atoms with Gasteiger partial charge in [-0.15, -0.1) is 0 Å². The van der Waals surface area contributed by atoms with Crippen molar-refractivity contribution < 1.29 is 14.2 Å². The van der Waals surface area contributed by atoms with Crippen molar-refractivity contribution in [2.45, 2.75) is 31.8 Å². The Hall–Kier alpha value is -1.13. The molecule has 0 saturated carbocycles. The lowest BCUT2D eigenvalue weighted by atomic mass is 10.00. The smallest absolute Gasteiger partial charge is 0.123 e. The number of hydrogen-bond donors (Lipinski definition) is 2. The highest BCUT2D eigenvalue weighted by molar-refractivity contribution is 5.21. The van der Waals surface area contributed by atoms with E-state index in [4.69, 9.17) is 10.5 Å². The summed E-state index contributed by atoms with van der Waals surface area (Å²) in [5.74, 6) is 0.397. The molecule has 0 aliphatic carbocycles. The molecule has 1 atom stereocenters. The summed E-state index contributed by atoms with van der Waals surface area (Å²) in [4.78, 5) is 0. The topological polar surface area (TPSA) is 55.5 Å². The van der Waals surface area contributed by atoms with Crippen molar-refractivity contribution in [1.82, 2.24) is 0 Å². The third-order valence-corrected chi connectivity index (χ3v) is 2.63. The predicted molar refractivity (Wildman–Crippen MR) is 65.4 cm³/mol. The van der Waals surface area contributed by atoms with Crippen LogP contribution in [0.1, 0.15) is 26.2 Å². The molecule has 3 N–H and O–H groups in total. The van der Waals surface area contributed by atoms with E-state index >= 15 is 0 Å². The van der Waals surface area contributed by atoms with E-state index in [0.29, 0.717) is 18.8 Å². The van der Waals surface area contributed by atoms with E-state index in [-0.39, 0.29) is 12.4 Å². The number of unbranched alkanes of at least 4 members (excludes halogenated alkanes) is 1. The summed E-state index contributed by atoms with van der Waals surface area (Å²) in [6.07, 6.45) is 2.36. The Bertz CT molecular complexity index is 325. The Labute approximate surface area is 101 Å². The van der Waals surface area contributed by atoms with Gasteiger partial charge >= 0.3 is 0 Å². The molecule has 3 nitrogen and oxygen atoms in total. The monoisotopic (exact) mass is 241 g/mol. The molecule has 0 fully saturated rings.